The standard InChI is InChI=1S/C23H23I4N3O5S/c1-13(2)33-4-3-30-12-20(28-29-30)36-6-5-34-22-18(26)10-15(11-19(22)27)35-23-16(24)7-14(8-17(23)25)9-21(31)32/h7-8,10-13H,3-6,9H2,1-2H3,(H,31,32). The van der Waals surface area contributed by atoms with E-state index in [1.165, 1.54) is 0 Å². The zero-order valence-corrected chi connectivity index (χ0v) is 28.8. The number of carboxylic acid groups (broad SMARTS) is 1. The van der Waals surface area contributed by atoms with Crippen molar-refractivity contribution in [3.8, 4) is 17.2 Å². The van der Waals surface area contributed by atoms with Gasteiger partial charge in [-0.2, -0.15) is 0 Å². The number of halogens is 4. The summed E-state index contributed by atoms with van der Waals surface area (Å²) in [5.74, 6) is 2.12. The molecule has 0 aliphatic carbocycles. The third-order valence-electron chi connectivity index (χ3n) is 4.47. The second-order valence-electron chi connectivity index (χ2n) is 7.71. The van der Waals surface area contributed by atoms with Crippen LogP contribution < -0.4 is 9.47 Å². The maximum absolute atomic E-state index is 11.0. The molecule has 13 heteroatoms. The van der Waals surface area contributed by atoms with Crippen LogP contribution in [-0.4, -0.2) is 51.1 Å². The molecule has 1 aromatic heterocycles. The Hall–Kier alpha value is -0.120. The fraction of sp³-hybridized carbons (Fsp3) is 0.348. The molecule has 0 unspecified atom stereocenters. The smallest absolute Gasteiger partial charge is 0.307 e. The first-order valence-corrected chi connectivity index (χ1v) is 16.1. The van der Waals surface area contributed by atoms with Crippen LogP contribution >= 0.6 is 102 Å². The van der Waals surface area contributed by atoms with Gasteiger partial charge in [0.1, 0.15) is 16.5 Å². The molecule has 0 amide bonds. The third kappa shape index (κ3) is 9.57. The summed E-state index contributed by atoms with van der Waals surface area (Å²) in [4.78, 5) is 11.0. The molecule has 0 aliphatic rings. The number of rotatable bonds is 13. The fourth-order valence-electron chi connectivity index (χ4n) is 2.97. The lowest BCUT2D eigenvalue weighted by Gasteiger charge is -2.15. The van der Waals surface area contributed by atoms with Crippen molar-refractivity contribution in [1.82, 2.24) is 15.0 Å². The Kier molecular flexibility index (Phi) is 12.6. The molecule has 0 spiro atoms. The quantitative estimate of drug-likeness (QED) is 0.115. The Labute approximate surface area is 268 Å². The van der Waals surface area contributed by atoms with Gasteiger partial charge in [0, 0.05) is 5.75 Å². The number of ether oxygens (including phenoxy) is 3. The van der Waals surface area contributed by atoms with Crippen LogP contribution in [0.1, 0.15) is 19.4 Å². The summed E-state index contributed by atoms with van der Waals surface area (Å²) in [5.41, 5.74) is 0.747. The van der Waals surface area contributed by atoms with Gasteiger partial charge in [0.2, 0.25) is 0 Å². The van der Waals surface area contributed by atoms with Gasteiger partial charge in [0.25, 0.3) is 0 Å². The van der Waals surface area contributed by atoms with E-state index in [0.29, 0.717) is 31.3 Å². The van der Waals surface area contributed by atoms with Crippen LogP contribution in [-0.2, 0) is 22.5 Å². The van der Waals surface area contributed by atoms with Crippen molar-refractivity contribution in [2.24, 2.45) is 0 Å². The van der Waals surface area contributed by atoms with Gasteiger partial charge in [-0.1, -0.05) is 17.0 Å². The largest absolute Gasteiger partial charge is 0.490 e. The van der Waals surface area contributed by atoms with E-state index in [1.54, 1.807) is 16.4 Å². The molecule has 1 N–H and O–H groups in total. The number of aliphatic carboxylic acids is 1. The van der Waals surface area contributed by atoms with E-state index in [2.05, 4.69) is 101 Å². The minimum absolute atomic E-state index is 0.0158. The van der Waals surface area contributed by atoms with E-state index in [-0.39, 0.29) is 12.5 Å². The summed E-state index contributed by atoms with van der Waals surface area (Å²) in [6.45, 7) is 5.84. The first-order chi connectivity index (χ1) is 17.1. The van der Waals surface area contributed by atoms with Gasteiger partial charge in [-0.3, -0.25) is 4.79 Å². The molecule has 194 valence electrons. The molecule has 0 saturated heterocycles. The molecule has 0 atom stereocenters. The van der Waals surface area contributed by atoms with Gasteiger partial charge in [-0.25, -0.2) is 4.68 Å². The van der Waals surface area contributed by atoms with Crippen LogP contribution in [0.5, 0.6) is 17.2 Å². The van der Waals surface area contributed by atoms with Crippen molar-refractivity contribution in [3.63, 3.8) is 0 Å². The number of hydrogen-bond acceptors (Lipinski definition) is 7. The van der Waals surface area contributed by atoms with E-state index < -0.39 is 5.97 Å². The summed E-state index contributed by atoms with van der Waals surface area (Å²) in [6.07, 6.45) is 2.11. The Balaban J connectivity index is 1.55. The lowest BCUT2D eigenvalue weighted by atomic mass is 10.1. The molecule has 0 aliphatic heterocycles. The van der Waals surface area contributed by atoms with Gasteiger partial charge in [-0.05, 0) is 134 Å². The van der Waals surface area contributed by atoms with Crippen molar-refractivity contribution in [1.29, 1.82) is 0 Å². The number of carboxylic acids is 1. The highest BCUT2D eigenvalue weighted by Gasteiger charge is 2.15. The first kappa shape index (κ1) is 30.4. The Bertz CT molecular complexity index is 1160. The van der Waals surface area contributed by atoms with Crippen molar-refractivity contribution in [3.05, 3.63) is 50.3 Å². The van der Waals surface area contributed by atoms with Crippen LogP contribution in [0.15, 0.2) is 35.5 Å². The molecular weight excluding hydrogens is 938 g/mol. The summed E-state index contributed by atoms with van der Waals surface area (Å²) >= 11 is 10.5. The molecule has 0 radical (unpaired) electrons. The molecule has 8 nitrogen and oxygen atoms in total. The molecule has 0 saturated carbocycles. The number of nitrogens with zero attached hydrogens (tertiary/aromatic N) is 3. The number of benzene rings is 2. The van der Waals surface area contributed by atoms with Gasteiger partial charge in [0.05, 0.1) is 52.8 Å². The van der Waals surface area contributed by atoms with E-state index >= 15 is 0 Å². The lowest BCUT2D eigenvalue weighted by Crippen LogP contribution is -2.10. The third-order valence-corrected chi connectivity index (χ3v) is 8.53. The Morgan fingerprint density at radius 3 is 2.28 bits per heavy atom. The molecule has 0 fully saturated rings. The topological polar surface area (TPSA) is 95.7 Å². The average Bonchev–Trinajstić information content (AvgIpc) is 3.22. The van der Waals surface area contributed by atoms with Crippen LogP contribution in [0, 0.1) is 14.3 Å². The monoisotopic (exact) mass is 961 g/mol. The van der Waals surface area contributed by atoms with Gasteiger partial charge in [0.15, 0.2) is 5.75 Å². The van der Waals surface area contributed by atoms with E-state index in [4.69, 9.17) is 19.3 Å². The minimum Gasteiger partial charge on any atom is -0.490 e. The van der Waals surface area contributed by atoms with Gasteiger partial charge >= 0.3 is 5.97 Å². The van der Waals surface area contributed by atoms with Crippen molar-refractivity contribution >= 4 is 108 Å². The fourth-order valence-corrected chi connectivity index (χ4v) is 7.77. The van der Waals surface area contributed by atoms with Crippen molar-refractivity contribution in [2.45, 2.75) is 37.9 Å². The summed E-state index contributed by atoms with van der Waals surface area (Å²) in [6, 6.07) is 7.56. The maximum atomic E-state index is 11.0. The summed E-state index contributed by atoms with van der Waals surface area (Å²) in [7, 11) is 0. The lowest BCUT2D eigenvalue weighted by molar-refractivity contribution is -0.136. The van der Waals surface area contributed by atoms with E-state index in [0.717, 1.165) is 36.4 Å². The molecule has 2 aromatic carbocycles. The summed E-state index contributed by atoms with van der Waals surface area (Å²) in [5, 5.41) is 18.2. The number of thioether (sulfide) groups is 1. The van der Waals surface area contributed by atoms with Crippen LogP contribution in [0.4, 0.5) is 0 Å². The van der Waals surface area contributed by atoms with Crippen LogP contribution in [0.2, 0.25) is 0 Å². The predicted octanol–water partition coefficient (Wildman–Crippen LogP) is 6.71. The molecule has 1 heterocycles. The SMILES string of the molecule is CC(C)OCCn1cc(SCCOc2c(I)cc(Oc3c(I)cc(CC(=O)O)cc3I)cc2I)nn1. The Morgan fingerprint density at radius 1 is 1.03 bits per heavy atom. The van der Waals surface area contributed by atoms with Crippen LogP contribution in [0.25, 0.3) is 0 Å². The summed E-state index contributed by atoms with van der Waals surface area (Å²) < 4.78 is 23.2. The minimum atomic E-state index is -0.855. The maximum Gasteiger partial charge on any atom is 0.307 e. The molecule has 36 heavy (non-hydrogen) atoms. The van der Waals surface area contributed by atoms with E-state index in [1.807, 2.05) is 44.3 Å². The number of aromatic nitrogens is 3. The van der Waals surface area contributed by atoms with Crippen molar-refractivity contribution < 1.29 is 24.1 Å². The van der Waals surface area contributed by atoms with Crippen LogP contribution in [0.3, 0.4) is 0 Å². The predicted molar refractivity (Wildman–Crippen MR) is 172 cm³/mol. The highest BCUT2D eigenvalue weighted by Crippen LogP contribution is 2.37. The molecular formula is C23H23I4N3O5S. The molecule has 3 rings (SSSR count). The second-order valence-corrected chi connectivity index (χ2v) is 13.5. The highest BCUT2D eigenvalue weighted by atomic mass is 127. The first-order valence-electron chi connectivity index (χ1n) is 10.8. The average molecular weight is 961 g/mol. The number of hydrogen-bond donors (Lipinski definition) is 1. The molecule has 0 bridgehead atoms. The highest BCUT2D eigenvalue weighted by molar-refractivity contribution is 14.1. The van der Waals surface area contributed by atoms with Gasteiger partial charge < -0.3 is 19.3 Å². The Morgan fingerprint density at radius 2 is 1.67 bits per heavy atom. The zero-order chi connectivity index (χ0) is 26.2. The van der Waals surface area contributed by atoms with E-state index in [9.17, 15) is 4.79 Å². The molecule has 3 aromatic rings. The van der Waals surface area contributed by atoms with Crippen molar-refractivity contribution in [2.75, 3.05) is 19.0 Å². The number of carbonyl (C=O) groups is 1. The normalized spacial score (nSPS) is 11.2. The second kappa shape index (κ2) is 14.9. The van der Waals surface area contributed by atoms with Gasteiger partial charge in [-0.15, -0.1) is 5.10 Å². The zero-order valence-electron chi connectivity index (χ0n) is 19.3.